The number of carbonyl (C=O) groups excluding carboxylic acids is 1. The molecule has 0 N–H and O–H groups in total. The second-order valence-corrected chi connectivity index (χ2v) is 8.51. The molecule has 0 aromatic heterocycles. The number of amides is 1. The van der Waals surface area contributed by atoms with Gasteiger partial charge in [-0.2, -0.15) is 0 Å². The average Bonchev–Trinajstić information content (AvgIpc) is 3.11. The van der Waals surface area contributed by atoms with Crippen LogP contribution in [0.2, 0.25) is 5.02 Å². The van der Waals surface area contributed by atoms with E-state index in [-0.39, 0.29) is 5.91 Å². The van der Waals surface area contributed by atoms with E-state index in [4.69, 9.17) is 16.6 Å². The van der Waals surface area contributed by atoms with Gasteiger partial charge < -0.3 is 0 Å². The second kappa shape index (κ2) is 8.14. The Bertz CT molecular complexity index is 1350. The predicted octanol–water partition coefficient (Wildman–Crippen LogP) is 7.09. The van der Waals surface area contributed by atoms with Gasteiger partial charge in [0.05, 0.1) is 5.69 Å². The third-order valence-corrected chi connectivity index (χ3v) is 5.94. The minimum absolute atomic E-state index is 0.166. The van der Waals surface area contributed by atoms with Gasteiger partial charge in [-0.25, -0.2) is 4.99 Å². The molecule has 0 saturated heterocycles. The molecule has 0 spiro atoms. The first-order chi connectivity index (χ1) is 15.1. The lowest BCUT2D eigenvalue weighted by Gasteiger charge is -2.18. The SMILES string of the molecule is O=C1/C(=C\c2cccc3ccccc23)N=C(c2ccc(Cl)cc2)N1c1ccc(Br)cc1. The summed E-state index contributed by atoms with van der Waals surface area (Å²) in [6.45, 7) is 0. The first-order valence-corrected chi connectivity index (χ1v) is 10.9. The second-order valence-electron chi connectivity index (χ2n) is 7.16. The summed E-state index contributed by atoms with van der Waals surface area (Å²) in [6.07, 6.45) is 1.86. The average molecular weight is 488 g/mol. The lowest BCUT2D eigenvalue weighted by atomic mass is 10.0. The third kappa shape index (κ3) is 3.80. The van der Waals surface area contributed by atoms with E-state index in [0.717, 1.165) is 32.1 Å². The van der Waals surface area contributed by atoms with Crippen LogP contribution < -0.4 is 4.90 Å². The van der Waals surface area contributed by atoms with E-state index in [1.807, 2.05) is 66.7 Å². The molecule has 1 amide bonds. The highest BCUT2D eigenvalue weighted by atomic mass is 79.9. The molecule has 150 valence electrons. The molecule has 1 aliphatic heterocycles. The Kier molecular flexibility index (Phi) is 5.18. The Morgan fingerprint density at radius 3 is 2.32 bits per heavy atom. The van der Waals surface area contributed by atoms with E-state index in [9.17, 15) is 4.79 Å². The summed E-state index contributed by atoms with van der Waals surface area (Å²) in [5.41, 5.74) is 2.92. The van der Waals surface area contributed by atoms with Gasteiger partial charge in [0.15, 0.2) is 0 Å². The lowest BCUT2D eigenvalue weighted by molar-refractivity contribution is -0.113. The fourth-order valence-corrected chi connectivity index (χ4v) is 4.05. The van der Waals surface area contributed by atoms with Crippen molar-refractivity contribution < 1.29 is 4.79 Å². The van der Waals surface area contributed by atoms with Crippen LogP contribution in [0.3, 0.4) is 0 Å². The van der Waals surface area contributed by atoms with Crippen molar-refractivity contribution in [2.45, 2.75) is 0 Å². The number of aliphatic imine (C=N–C) groups is 1. The standard InChI is InChI=1S/C26H16BrClN2O/c27-20-10-14-22(15-11-20)30-25(18-8-12-21(28)13-9-18)29-24(26(30)31)16-19-6-3-5-17-4-1-2-7-23(17)19/h1-16H/b24-16+. The molecule has 5 heteroatoms. The van der Waals surface area contributed by atoms with Crippen molar-refractivity contribution in [2.75, 3.05) is 4.90 Å². The van der Waals surface area contributed by atoms with Crippen LogP contribution in [0.15, 0.2) is 106 Å². The van der Waals surface area contributed by atoms with Crippen molar-refractivity contribution >= 4 is 61.8 Å². The molecule has 5 rings (SSSR count). The summed E-state index contributed by atoms with van der Waals surface area (Å²) in [4.78, 5) is 19.9. The quantitative estimate of drug-likeness (QED) is 0.284. The molecule has 3 nitrogen and oxygen atoms in total. The highest BCUT2D eigenvalue weighted by Crippen LogP contribution is 2.30. The maximum absolute atomic E-state index is 13.5. The van der Waals surface area contributed by atoms with E-state index in [0.29, 0.717) is 16.6 Å². The van der Waals surface area contributed by atoms with E-state index in [1.54, 1.807) is 17.0 Å². The summed E-state index contributed by atoms with van der Waals surface area (Å²) in [5.74, 6) is 0.413. The minimum Gasteiger partial charge on any atom is -0.266 e. The fourth-order valence-electron chi connectivity index (χ4n) is 3.66. The van der Waals surface area contributed by atoms with Crippen LogP contribution in [0.4, 0.5) is 5.69 Å². The zero-order valence-electron chi connectivity index (χ0n) is 16.3. The van der Waals surface area contributed by atoms with Gasteiger partial charge in [0.25, 0.3) is 5.91 Å². The van der Waals surface area contributed by atoms with Crippen molar-refractivity contribution in [1.29, 1.82) is 0 Å². The van der Waals surface area contributed by atoms with E-state index in [2.05, 4.69) is 34.1 Å². The summed E-state index contributed by atoms with van der Waals surface area (Å²) < 4.78 is 0.944. The molecule has 1 aliphatic rings. The number of hydrogen-bond acceptors (Lipinski definition) is 2. The number of rotatable bonds is 3. The van der Waals surface area contributed by atoms with Gasteiger partial charge in [0, 0.05) is 15.1 Å². The molecule has 1 heterocycles. The highest BCUT2D eigenvalue weighted by Gasteiger charge is 2.32. The van der Waals surface area contributed by atoms with Crippen LogP contribution in [-0.4, -0.2) is 11.7 Å². The summed E-state index contributed by atoms with van der Waals surface area (Å²) >= 11 is 9.53. The van der Waals surface area contributed by atoms with Gasteiger partial charge in [-0.15, -0.1) is 0 Å². The molecular weight excluding hydrogens is 472 g/mol. The largest absolute Gasteiger partial charge is 0.282 e. The van der Waals surface area contributed by atoms with Gasteiger partial charge in [-0.05, 0) is 70.9 Å². The molecule has 0 fully saturated rings. The van der Waals surface area contributed by atoms with E-state index >= 15 is 0 Å². The van der Waals surface area contributed by atoms with Crippen LogP contribution in [-0.2, 0) is 4.79 Å². The Morgan fingerprint density at radius 2 is 1.55 bits per heavy atom. The molecule has 4 aromatic carbocycles. The van der Waals surface area contributed by atoms with Crippen LogP contribution in [0.25, 0.3) is 16.8 Å². The molecule has 0 radical (unpaired) electrons. The first kappa shape index (κ1) is 19.7. The van der Waals surface area contributed by atoms with Gasteiger partial charge in [-0.3, -0.25) is 9.69 Å². The Labute approximate surface area is 193 Å². The van der Waals surface area contributed by atoms with Crippen LogP contribution in [0.5, 0.6) is 0 Å². The zero-order chi connectivity index (χ0) is 21.4. The third-order valence-electron chi connectivity index (χ3n) is 5.16. The van der Waals surface area contributed by atoms with Crippen molar-refractivity contribution in [2.24, 2.45) is 4.99 Å². The summed E-state index contributed by atoms with van der Waals surface area (Å²) in [6, 6.07) is 29.1. The summed E-state index contributed by atoms with van der Waals surface area (Å²) in [7, 11) is 0. The fraction of sp³-hybridized carbons (Fsp3) is 0. The van der Waals surface area contributed by atoms with Gasteiger partial charge >= 0.3 is 0 Å². The van der Waals surface area contributed by atoms with Gasteiger partial charge in [-0.1, -0.05) is 70.0 Å². The predicted molar refractivity (Wildman–Crippen MR) is 132 cm³/mol. The lowest BCUT2D eigenvalue weighted by Crippen LogP contribution is -2.32. The number of halogens is 2. The molecule has 31 heavy (non-hydrogen) atoms. The molecule has 0 unspecified atom stereocenters. The number of nitrogens with zero attached hydrogens (tertiary/aromatic N) is 2. The molecular formula is C26H16BrClN2O. The molecule has 0 saturated carbocycles. The number of amidine groups is 1. The first-order valence-electron chi connectivity index (χ1n) is 9.74. The van der Waals surface area contributed by atoms with Crippen molar-refractivity contribution in [3.05, 3.63) is 117 Å². The van der Waals surface area contributed by atoms with Crippen molar-refractivity contribution in [1.82, 2.24) is 0 Å². The normalized spacial score (nSPS) is 15.0. The maximum atomic E-state index is 13.5. The smallest absolute Gasteiger partial charge is 0.266 e. The Hall–Kier alpha value is -3.21. The molecule has 0 bridgehead atoms. The molecule has 0 aliphatic carbocycles. The van der Waals surface area contributed by atoms with Crippen LogP contribution in [0, 0.1) is 0 Å². The van der Waals surface area contributed by atoms with E-state index < -0.39 is 0 Å². The Balaban J connectivity index is 1.66. The number of anilines is 1. The maximum Gasteiger partial charge on any atom is 0.282 e. The van der Waals surface area contributed by atoms with Crippen LogP contribution in [0.1, 0.15) is 11.1 Å². The zero-order valence-corrected chi connectivity index (χ0v) is 18.6. The number of carbonyl (C=O) groups is 1. The number of fused-ring (bicyclic) bond motifs is 1. The highest BCUT2D eigenvalue weighted by molar-refractivity contribution is 9.10. The van der Waals surface area contributed by atoms with Crippen molar-refractivity contribution in [3.63, 3.8) is 0 Å². The monoisotopic (exact) mass is 486 g/mol. The van der Waals surface area contributed by atoms with Crippen molar-refractivity contribution in [3.8, 4) is 0 Å². The van der Waals surface area contributed by atoms with Crippen LogP contribution >= 0.6 is 27.5 Å². The molecule has 4 aromatic rings. The molecule has 0 atom stereocenters. The Morgan fingerprint density at radius 1 is 0.839 bits per heavy atom. The summed E-state index contributed by atoms with van der Waals surface area (Å²) in [5, 5.41) is 2.83. The van der Waals surface area contributed by atoms with Gasteiger partial charge in [0.2, 0.25) is 0 Å². The minimum atomic E-state index is -0.166. The van der Waals surface area contributed by atoms with Gasteiger partial charge in [0.1, 0.15) is 11.5 Å². The van der Waals surface area contributed by atoms with E-state index in [1.165, 1.54) is 0 Å². The number of hydrogen-bond donors (Lipinski definition) is 0. The number of benzene rings is 4. The topological polar surface area (TPSA) is 32.7 Å².